The summed E-state index contributed by atoms with van der Waals surface area (Å²) >= 11 is 5.80. The van der Waals surface area contributed by atoms with Gasteiger partial charge in [0, 0.05) is 17.6 Å². The summed E-state index contributed by atoms with van der Waals surface area (Å²) in [4.78, 5) is 12.1. The van der Waals surface area contributed by atoms with Gasteiger partial charge in [-0.1, -0.05) is 23.7 Å². The smallest absolute Gasteiger partial charge is 0.235 e. The Labute approximate surface area is 147 Å². The fraction of sp³-hybridized carbons (Fsp3) is 0.500. The largest absolute Gasteiger partial charge is 0.351 e. The molecule has 1 heterocycles. The first kappa shape index (κ1) is 19.2. The highest BCUT2D eigenvalue weighted by atomic mass is 35.5. The molecule has 2 rings (SSSR count). The number of rotatable bonds is 6. The van der Waals surface area contributed by atoms with Crippen LogP contribution in [0.15, 0.2) is 24.3 Å². The minimum absolute atomic E-state index is 0.0341. The molecule has 1 fully saturated rings. The zero-order valence-corrected chi connectivity index (χ0v) is 15.5. The molecule has 10 heteroatoms. The highest BCUT2D eigenvalue weighted by Crippen LogP contribution is 2.14. The Morgan fingerprint density at radius 2 is 1.96 bits per heavy atom. The fourth-order valence-corrected chi connectivity index (χ4v) is 4.96. The van der Waals surface area contributed by atoms with Crippen LogP contribution in [0.5, 0.6) is 0 Å². The van der Waals surface area contributed by atoms with E-state index in [4.69, 9.17) is 11.6 Å². The molecule has 1 aliphatic heterocycles. The van der Waals surface area contributed by atoms with E-state index in [-0.39, 0.29) is 24.6 Å². The van der Waals surface area contributed by atoms with Crippen molar-refractivity contribution in [2.24, 2.45) is 0 Å². The topological polar surface area (TPSA) is 101 Å². The lowest BCUT2D eigenvalue weighted by Gasteiger charge is -2.20. The molecule has 0 aromatic heterocycles. The van der Waals surface area contributed by atoms with Crippen molar-refractivity contribution >= 4 is 37.4 Å². The molecule has 0 aliphatic carbocycles. The van der Waals surface area contributed by atoms with Crippen LogP contribution in [0.2, 0.25) is 5.02 Å². The van der Waals surface area contributed by atoms with Gasteiger partial charge in [0.2, 0.25) is 15.9 Å². The van der Waals surface area contributed by atoms with Gasteiger partial charge >= 0.3 is 0 Å². The van der Waals surface area contributed by atoms with Gasteiger partial charge in [0.15, 0.2) is 9.84 Å². The number of nitrogens with zero attached hydrogens (tertiary/aromatic N) is 1. The number of benzene rings is 1. The van der Waals surface area contributed by atoms with Crippen LogP contribution in [0.25, 0.3) is 0 Å². The van der Waals surface area contributed by atoms with Crippen LogP contribution in [-0.2, 0) is 31.2 Å². The number of carbonyl (C=O) groups is 1. The minimum Gasteiger partial charge on any atom is -0.351 e. The number of hydrogen-bond donors (Lipinski definition) is 1. The van der Waals surface area contributed by atoms with E-state index in [0.29, 0.717) is 17.0 Å². The van der Waals surface area contributed by atoms with Crippen molar-refractivity contribution in [1.29, 1.82) is 0 Å². The second-order valence-corrected chi connectivity index (χ2v) is 10.5. The maximum atomic E-state index is 12.1. The number of carbonyl (C=O) groups excluding carboxylic acids is 1. The predicted molar refractivity (Wildman–Crippen MR) is 91.9 cm³/mol. The van der Waals surface area contributed by atoms with Crippen molar-refractivity contribution in [2.45, 2.75) is 19.0 Å². The van der Waals surface area contributed by atoms with E-state index in [2.05, 4.69) is 5.32 Å². The van der Waals surface area contributed by atoms with Gasteiger partial charge in [-0.3, -0.25) is 4.79 Å². The van der Waals surface area contributed by atoms with E-state index in [1.54, 1.807) is 24.3 Å². The molecule has 1 N–H and O–H groups in total. The summed E-state index contributed by atoms with van der Waals surface area (Å²) in [5.74, 6) is -0.579. The molecule has 1 atom stereocenters. The first-order valence-corrected chi connectivity index (χ1v) is 11.3. The lowest BCUT2D eigenvalue weighted by molar-refractivity contribution is -0.121. The highest BCUT2D eigenvalue weighted by Gasteiger charge is 2.30. The number of hydrogen-bond acceptors (Lipinski definition) is 5. The molecule has 0 radical (unpaired) electrons. The highest BCUT2D eigenvalue weighted by molar-refractivity contribution is 7.91. The molecule has 1 amide bonds. The summed E-state index contributed by atoms with van der Waals surface area (Å²) in [6, 6.07) is 6.19. The van der Waals surface area contributed by atoms with Crippen molar-refractivity contribution in [3.63, 3.8) is 0 Å². The van der Waals surface area contributed by atoms with Gasteiger partial charge in [0.1, 0.15) is 0 Å². The van der Waals surface area contributed by atoms with Crippen LogP contribution in [0.4, 0.5) is 0 Å². The van der Waals surface area contributed by atoms with Gasteiger partial charge in [-0.25, -0.2) is 16.8 Å². The Hall–Kier alpha value is -1.16. The van der Waals surface area contributed by atoms with Crippen LogP contribution in [0.3, 0.4) is 0 Å². The Morgan fingerprint density at radius 3 is 2.46 bits per heavy atom. The summed E-state index contributed by atoms with van der Waals surface area (Å²) in [5, 5.41) is 3.12. The van der Waals surface area contributed by atoms with Crippen molar-refractivity contribution in [2.75, 3.05) is 24.3 Å². The summed E-state index contributed by atoms with van der Waals surface area (Å²) in [7, 11) is -6.71. The summed E-state index contributed by atoms with van der Waals surface area (Å²) in [5.41, 5.74) is 0.695. The second-order valence-electron chi connectivity index (χ2n) is 5.82. The van der Waals surface area contributed by atoms with Crippen LogP contribution in [0, 0.1) is 0 Å². The summed E-state index contributed by atoms with van der Waals surface area (Å²) in [6.07, 6.45) is 1.38. The van der Waals surface area contributed by atoms with E-state index < -0.39 is 31.8 Å². The zero-order valence-electron chi connectivity index (χ0n) is 13.1. The van der Waals surface area contributed by atoms with E-state index in [9.17, 15) is 21.6 Å². The molecule has 1 aromatic rings. The fourth-order valence-electron chi connectivity index (χ4n) is 2.43. The van der Waals surface area contributed by atoms with Crippen molar-refractivity contribution < 1.29 is 21.6 Å². The molecule has 0 spiro atoms. The molecule has 1 unspecified atom stereocenters. The van der Waals surface area contributed by atoms with Gasteiger partial charge in [0.25, 0.3) is 0 Å². The third-order valence-corrected chi connectivity index (χ3v) is 6.87. The lowest BCUT2D eigenvalue weighted by atomic mass is 10.2. The summed E-state index contributed by atoms with van der Waals surface area (Å²) < 4.78 is 47.7. The molecule has 7 nitrogen and oxygen atoms in total. The monoisotopic (exact) mass is 394 g/mol. The molecule has 0 bridgehead atoms. The third-order valence-electron chi connectivity index (χ3n) is 3.66. The van der Waals surface area contributed by atoms with Crippen LogP contribution < -0.4 is 5.32 Å². The number of nitrogens with one attached hydrogen (secondary N) is 1. The Kier molecular flexibility index (Phi) is 5.90. The average molecular weight is 395 g/mol. The van der Waals surface area contributed by atoms with Crippen molar-refractivity contribution in [3.05, 3.63) is 34.9 Å². The predicted octanol–water partition coefficient (Wildman–Crippen LogP) is 0.405. The quantitative estimate of drug-likeness (QED) is 0.752. The lowest BCUT2D eigenvalue weighted by Crippen LogP contribution is -2.44. The molecular weight excluding hydrogens is 376 g/mol. The molecule has 1 aliphatic rings. The molecule has 0 saturated carbocycles. The first-order chi connectivity index (χ1) is 11.0. The van der Waals surface area contributed by atoms with E-state index >= 15 is 0 Å². The molecule has 134 valence electrons. The first-order valence-electron chi connectivity index (χ1n) is 7.24. The van der Waals surface area contributed by atoms with Gasteiger partial charge in [-0.15, -0.1) is 0 Å². The minimum atomic E-state index is -3.60. The van der Waals surface area contributed by atoms with Crippen LogP contribution in [0.1, 0.15) is 12.0 Å². The van der Waals surface area contributed by atoms with Crippen molar-refractivity contribution in [1.82, 2.24) is 9.62 Å². The SMILES string of the molecule is CS(=O)(=O)N(CC(=O)NC1CCS(=O)(=O)C1)Cc1ccc(Cl)cc1. The average Bonchev–Trinajstić information content (AvgIpc) is 2.78. The van der Waals surface area contributed by atoms with Crippen LogP contribution >= 0.6 is 11.6 Å². The number of halogens is 1. The molecule has 24 heavy (non-hydrogen) atoms. The standard InChI is InChI=1S/C14H19ClN2O5S2/c1-23(19,20)17(8-11-2-4-12(15)5-3-11)9-14(18)16-13-6-7-24(21,22)10-13/h2-5,13H,6-10H2,1H3,(H,16,18). The van der Waals surface area contributed by atoms with E-state index in [1.165, 1.54) is 0 Å². The Morgan fingerprint density at radius 1 is 1.33 bits per heavy atom. The van der Waals surface area contributed by atoms with Gasteiger partial charge in [-0.2, -0.15) is 4.31 Å². The van der Waals surface area contributed by atoms with E-state index in [0.717, 1.165) is 10.6 Å². The second kappa shape index (κ2) is 7.38. The molecule has 1 saturated heterocycles. The molecule has 1 aromatic carbocycles. The number of sulfonamides is 1. The van der Waals surface area contributed by atoms with Gasteiger partial charge < -0.3 is 5.32 Å². The van der Waals surface area contributed by atoms with Gasteiger partial charge in [-0.05, 0) is 24.1 Å². The van der Waals surface area contributed by atoms with E-state index in [1.807, 2.05) is 0 Å². The number of sulfone groups is 1. The van der Waals surface area contributed by atoms with Crippen molar-refractivity contribution in [3.8, 4) is 0 Å². The third kappa shape index (κ3) is 5.73. The Bertz CT molecular complexity index is 806. The Balaban J connectivity index is 2.01. The number of amides is 1. The maximum absolute atomic E-state index is 12.1. The summed E-state index contributed by atoms with van der Waals surface area (Å²) in [6.45, 7) is -0.329. The maximum Gasteiger partial charge on any atom is 0.235 e. The zero-order chi connectivity index (χ0) is 18.0. The molecular formula is C14H19ClN2O5S2. The normalized spacial score (nSPS) is 20.2. The van der Waals surface area contributed by atoms with Gasteiger partial charge in [0.05, 0.1) is 24.3 Å². The van der Waals surface area contributed by atoms with Crippen LogP contribution in [-0.4, -0.2) is 57.4 Å².